The first kappa shape index (κ1) is 18.6. The summed E-state index contributed by atoms with van der Waals surface area (Å²) in [7, 11) is 0. The zero-order chi connectivity index (χ0) is 19.7. The van der Waals surface area contributed by atoms with Crippen LogP contribution in [0.15, 0.2) is 52.3 Å². The predicted octanol–water partition coefficient (Wildman–Crippen LogP) is 4.57. The lowest BCUT2D eigenvalue weighted by atomic mass is 10.1. The van der Waals surface area contributed by atoms with Crippen LogP contribution < -0.4 is 15.0 Å². The first-order valence-corrected chi connectivity index (χ1v) is 10.3. The van der Waals surface area contributed by atoms with Crippen LogP contribution in [0.3, 0.4) is 0 Å². The molecule has 1 aliphatic heterocycles. The van der Waals surface area contributed by atoms with Crippen molar-refractivity contribution in [3.8, 4) is 17.0 Å². The lowest BCUT2D eigenvalue weighted by Gasteiger charge is -2.28. The number of thiazole rings is 1. The Kier molecular flexibility index (Phi) is 5.15. The molecule has 0 radical (unpaired) electrons. The average molecular weight is 458 g/mol. The second kappa shape index (κ2) is 7.73. The van der Waals surface area contributed by atoms with Crippen LogP contribution in [-0.2, 0) is 4.79 Å². The monoisotopic (exact) mass is 457 g/mol. The first-order valence-electron chi connectivity index (χ1n) is 8.65. The Hall–Kier alpha value is -2.71. The summed E-state index contributed by atoms with van der Waals surface area (Å²) in [5.41, 5.74) is 2.89. The second-order valence-corrected chi connectivity index (χ2v) is 7.88. The van der Waals surface area contributed by atoms with Crippen molar-refractivity contribution in [2.75, 3.05) is 23.4 Å². The maximum Gasteiger partial charge on any atom is 0.265 e. The van der Waals surface area contributed by atoms with E-state index in [1.54, 1.807) is 17.0 Å². The topological polar surface area (TPSA) is 71.5 Å². The van der Waals surface area contributed by atoms with E-state index in [1.165, 1.54) is 11.3 Å². The summed E-state index contributed by atoms with van der Waals surface area (Å²) in [6.07, 6.45) is 0. The molecule has 0 bridgehead atoms. The first-order chi connectivity index (χ1) is 13.5. The Bertz CT molecular complexity index is 1050. The highest BCUT2D eigenvalue weighted by Gasteiger charge is 2.24. The van der Waals surface area contributed by atoms with Crippen LogP contribution in [0.25, 0.3) is 11.3 Å². The fourth-order valence-electron chi connectivity index (χ4n) is 2.94. The third-order valence-corrected chi connectivity index (χ3v) is 5.63. The number of nitrogens with zero attached hydrogens (tertiary/aromatic N) is 2. The molecule has 8 heteroatoms. The third-order valence-electron chi connectivity index (χ3n) is 4.34. The van der Waals surface area contributed by atoms with E-state index < -0.39 is 0 Å². The van der Waals surface area contributed by atoms with Gasteiger partial charge in [0.2, 0.25) is 0 Å². The SMILES string of the molecule is CCN1C(=O)COc2ccc(-c3csc(NC(=O)c4ccc(Br)cc4)n3)cc21. The van der Waals surface area contributed by atoms with Gasteiger partial charge >= 0.3 is 0 Å². The Morgan fingerprint density at radius 1 is 1.29 bits per heavy atom. The van der Waals surface area contributed by atoms with Crippen LogP contribution in [0, 0.1) is 0 Å². The van der Waals surface area contributed by atoms with E-state index in [1.807, 2.05) is 42.6 Å². The molecule has 1 aliphatic rings. The van der Waals surface area contributed by atoms with Gasteiger partial charge in [0.05, 0.1) is 11.4 Å². The lowest BCUT2D eigenvalue weighted by Crippen LogP contribution is -2.38. The van der Waals surface area contributed by atoms with Crippen molar-refractivity contribution < 1.29 is 14.3 Å². The molecule has 2 amide bonds. The van der Waals surface area contributed by atoms with Crippen molar-refractivity contribution in [1.82, 2.24) is 4.98 Å². The number of hydrogen-bond acceptors (Lipinski definition) is 5. The van der Waals surface area contributed by atoms with E-state index in [2.05, 4.69) is 26.2 Å². The fourth-order valence-corrected chi connectivity index (χ4v) is 3.92. The molecule has 1 N–H and O–H groups in total. The molecule has 0 atom stereocenters. The van der Waals surface area contributed by atoms with Crippen molar-refractivity contribution in [3.63, 3.8) is 0 Å². The van der Waals surface area contributed by atoms with Crippen LogP contribution in [0.1, 0.15) is 17.3 Å². The molecule has 6 nitrogen and oxygen atoms in total. The van der Waals surface area contributed by atoms with Gasteiger partial charge in [-0.15, -0.1) is 11.3 Å². The Labute approximate surface area is 174 Å². The number of likely N-dealkylation sites (N-methyl/N-ethyl adjacent to an activating group) is 1. The average Bonchev–Trinajstić information content (AvgIpc) is 3.16. The van der Waals surface area contributed by atoms with E-state index in [9.17, 15) is 9.59 Å². The molecule has 4 rings (SSSR count). The van der Waals surface area contributed by atoms with E-state index in [4.69, 9.17) is 4.74 Å². The van der Waals surface area contributed by atoms with Crippen molar-refractivity contribution in [1.29, 1.82) is 0 Å². The number of ether oxygens (including phenoxy) is 1. The smallest absolute Gasteiger partial charge is 0.265 e. The summed E-state index contributed by atoms with van der Waals surface area (Å²) in [4.78, 5) is 30.6. The van der Waals surface area contributed by atoms with E-state index in [0.717, 1.165) is 21.4 Å². The molecule has 0 saturated heterocycles. The van der Waals surface area contributed by atoms with Gasteiger partial charge < -0.3 is 9.64 Å². The Morgan fingerprint density at radius 3 is 2.82 bits per heavy atom. The van der Waals surface area contributed by atoms with Gasteiger partial charge in [0.1, 0.15) is 5.75 Å². The van der Waals surface area contributed by atoms with Gasteiger partial charge in [0.15, 0.2) is 11.7 Å². The Morgan fingerprint density at radius 2 is 2.07 bits per heavy atom. The number of halogens is 1. The predicted molar refractivity (Wildman–Crippen MR) is 113 cm³/mol. The maximum atomic E-state index is 12.4. The van der Waals surface area contributed by atoms with Crippen LogP contribution in [0.4, 0.5) is 10.8 Å². The van der Waals surface area contributed by atoms with Gasteiger partial charge in [-0.2, -0.15) is 0 Å². The molecule has 0 spiro atoms. The summed E-state index contributed by atoms with van der Waals surface area (Å²) < 4.78 is 6.42. The zero-order valence-corrected chi connectivity index (χ0v) is 17.3. The highest BCUT2D eigenvalue weighted by molar-refractivity contribution is 9.10. The highest BCUT2D eigenvalue weighted by atomic mass is 79.9. The number of hydrogen-bond donors (Lipinski definition) is 1. The number of nitrogens with one attached hydrogen (secondary N) is 1. The second-order valence-electron chi connectivity index (χ2n) is 6.11. The van der Waals surface area contributed by atoms with E-state index >= 15 is 0 Å². The molecule has 0 fully saturated rings. The molecule has 0 saturated carbocycles. The molecule has 3 aromatic rings. The minimum atomic E-state index is -0.213. The molecule has 0 unspecified atom stereocenters. The molecule has 2 aromatic carbocycles. The lowest BCUT2D eigenvalue weighted by molar-refractivity contribution is -0.121. The number of rotatable bonds is 4. The van der Waals surface area contributed by atoms with E-state index in [0.29, 0.717) is 23.0 Å². The summed E-state index contributed by atoms with van der Waals surface area (Å²) in [6.45, 7) is 2.56. The molecular formula is C20H16BrN3O3S. The van der Waals surface area contributed by atoms with Crippen LogP contribution in [0.5, 0.6) is 5.75 Å². The van der Waals surface area contributed by atoms with Crippen LogP contribution in [0.2, 0.25) is 0 Å². The van der Waals surface area contributed by atoms with Gasteiger partial charge in [-0.05, 0) is 49.4 Å². The number of fused-ring (bicyclic) bond motifs is 1. The minimum Gasteiger partial charge on any atom is -0.482 e. The largest absolute Gasteiger partial charge is 0.482 e. The third kappa shape index (κ3) is 3.65. The number of carbonyl (C=O) groups excluding carboxylic acids is 2. The normalized spacial score (nSPS) is 13.1. The minimum absolute atomic E-state index is 0.0587. The summed E-state index contributed by atoms with van der Waals surface area (Å²) in [5.74, 6) is 0.409. The van der Waals surface area contributed by atoms with Gasteiger partial charge in [0.25, 0.3) is 11.8 Å². The summed E-state index contributed by atoms with van der Waals surface area (Å²) >= 11 is 4.71. The number of amides is 2. The molecule has 1 aromatic heterocycles. The van der Waals surface area contributed by atoms with Gasteiger partial charge in [-0.1, -0.05) is 15.9 Å². The molecule has 0 aliphatic carbocycles. The molecule has 28 heavy (non-hydrogen) atoms. The van der Waals surface area contributed by atoms with E-state index in [-0.39, 0.29) is 18.4 Å². The van der Waals surface area contributed by atoms with Crippen LogP contribution in [-0.4, -0.2) is 29.9 Å². The van der Waals surface area contributed by atoms with Gasteiger partial charge in [-0.3, -0.25) is 14.9 Å². The van der Waals surface area contributed by atoms with Crippen molar-refractivity contribution >= 4 is 49.9 Å². The van der Waals surface area contributed by atoms with Gasteiger partial charge in [-0.25, -0.2) is 4.98 Å². The standard InChI is InChI=1S/C20H16BrN3O3S/c1-2-24-16-9-13(5-8-17(16)27-10-18(24)25)15-11-28-20(22-15)23-19(26)12-3-6-14(21)7-4-12/h3-9,11H,2,10H2,1H3,(H,22,23,26). The number of aromatic nitrogens is 1. The van der Waals surface area contributed by atoms with Crippen molar-refractivity contribution in [3.05, 3.63) is 57.9 Å². The Balaban J connectivity index is 1.56. The quantitative estimate of drug-likeness (QED) is 0.622. The molecule has 142 valence electrons. The number of benzene rings is 2. The summed E-state index contributed by atoms with van der Waals surface area (Å²) in [6, 6.07) is 12.8. The van der Waals surface area contributed by atoms with Crippen molar-refractivity contribution in [2.45, 2.75) is 6.92 Å². The molecule has 2 heterocycles. The fraction of sp³-hybridized carbons (Fsp3) is 0.150. The molecular weight excluding hydrogens is 442 g/mol. The number of carbonyl (C=O) groups is 2. The summed E-state index contributed by atoms with van der Waals surface area (Å²) in [5, 5.41) is 5.21. The maximum absolute atomic E-state index is 12.4. The highest BCUT2D eigenvalue weighted by Crippen LogP contribution is 2.36. The van der Waals surface area contributed by atoms with Crippen LogP contribution >= 0.6 is 27.3 Å². The van der Waals surface area contributed by atoms with Crippen molar-refractivity contribution in [2.24, 2.45) is 0 Å². The van der Waals surface area contributed by atoms with Gasteiger partial charge in [0, 0.05) is 27.5 Å². The zero-order valence-electron chi connectivity index (χ0n) is 14.9. The number of anilines is 2.